The van der Waals surface area contributed by atoms with Crippen molar-refractivity contribution in [2.75, 3.05) is 6.54 Å². The Hall–Kier alpha value is -1.67. The van der Waals surface area contributed by atoms with Crippen molar-refractivity contribution in [3.8, 4) is 0 Å². The van der Waals surface area contributed by atoms with Crippen LogP contribution in [-0.4, -0.2) is 12.6 Å². The van der Waals surface area contributed by atoms with Gasteiger partial charge in [-0.3, -0.25) is 0 Å². The van der Waals surface area contributed by atoms with Gasteiger partial charge in [0, 0.05) is 18.5 Å². The van der Waals surface area contributed by atoms with Crippen LogP contribution in [0.2, 0.25) is 0 Å². The molecular weight excluding hydrogens is 261 g/mol. The van der Waals surface area contributed by atoms with Gasteiger partial charge in [0.15, 0.2) is 0 Å². The number of halogens is 1. The number of rotatable bonds is 2. The number of hydrogen-bond donors (Lipinski definition) is 1. The second-order valence-corrected chi connectivity index (χ2v) is 6.35. The molecule has 0 spiro atoms. The second kappa shape index (κ2) is 5.27. The van der Waals surface area contributed by atoms with E-state index in [1.54, 1.807) is 17.7 Å². The first kappa shape index (κ1) is 13.0. The molecule has 2 heteroatoms. The first-order valence-corrected chi connectivity index (χ1v) is 7.87. The first-order chi connectivity index (χ1) is 10.3. The van der Waals surface area contributed by atoms with Crippen LogP contribution in [0.15, 0.2) is 48.5 Å². The lowest BCUT2D eigenvalue weighted by Crippen LogP contribution is -2.31. The largest absolute Gasteiger partial charge is 0.313 e. The summed E-state index contributed by atoms with van der Waals surface area (Å²) in [5, 5.41) is 3.71. The van der Waals surface area contributed by atoms with Crippen LogP contribution in [0.4, 0.5) is 4.39 Å². The van der Waals surface area contributed by atoms with Gasteiger partial charge in [0.1, 0.15) is 5.82 Å². The Kier molecular flexibility index (Phi) is 3.27. The van der Waals surface area contributed by atoms with Crippen molar-refractivity contribution in [3.63, 3.8) is 0 Å². The van der Waals surface area contributed by atoms with E-state index in [0.717, 1.165) is 13.0 Å². The molecule has 0 radical (unpaired) electrons. The van der Waals surface area contributed by atoms with Gasteiger partial charge in [0.2, 0.25) is 0 Å². The fraction of sp³-hybridized carbons (Fsp3) is 0.368. The molecule has 1 saturated heterocycles. The van der Waals surface area contributed by atoms with Crippen molar-refractivity contribution >= 4 is 0 Å². The van der Waals surface area contributed by atoms with E-state index < -0.39 is 0 Å². The topological polar surface area (TPSA) is 12.0 Å². The summed E-state index contributed by atoms with van der Waals surface area (Å²) in [6.45, 7) is 1.08. The maximum absolute atomic E-state index is 13.0. The minimum atomic E-state index is -0.150. The van der Waals surface area contributed by atoms with Crippen LogP contribution >= 0.6 is 0 Å². The lowest BCUT2D eigenvalue weighted by Gasteiger charge is -2.30. The third-order valence-corrected chi connectivity index (χ3v) is 5.20. The maximum atomic E-state index is 13.0. The molecule has 1 fully saturated rings. The van der Waals surface area contributed by atoms with Crippen LogP contribution in [0.3, 0.4) is 0 Å². The third-order valence-electron chi connectivity index (χ3n) is 5.20. The zero-order chi connectivity index (χ0) is 14.2. The van der Waals surface area contributed by atoms with Crippen molar-refractivity contribution in [2.45, 2.75) is 31.2 Å². The Morgan fingerprint density at radius 1 is 1.05 bits per heavy atom. The standard InChI is InChI=1S/C19H20FN/c20-15-8-5-13(6-9-15)11-19-17-10-7-14-3-1-2-4-16(14)18(17)12-21-19/h1-6,8-9,17-19,21H,7,10-12H2. The maximum Gasteiger partial charge on any atom is 0.123 e. The van der Waals surface area contributed by atoms with E-state index in [9.17, 15) is 4.39 Å². The van der Waals surface area contributed by atoms with Crippen LogP contribution in [0.5, 0.6) is 0 Å². The minimum absolute atomic E-state index is 0.150. The lowest BCUT2D eigenvalue weighted by molar-refractivity contribution is 0.373. The van der Waals surface area contributed by atoms with Gasteiger partial charge in [-0.2, -0.15) is 0 Å². The highest BCUT2D eigenvalue weighted by molar-refractivity contribution is 5.35. The van der Waals surface area contributed by atoms with E-state index in [0.29, 0.717) is 17.9 Å². The van der Waals surface area contributed by atoms with Crippen molar-refractivity contribution in [1.29, 1.82) is 0 Å². The van der Waals surface area contributed by atoms with E-state index in [2.05, 4.69) is 29.6 Å². The van der Waals surface area contributed by atoms with E-state index in [1.165, 1.54) is 24.0 Å². The number of nitrogens with one attached hydrogen (secondary N) is 1. The molecule has 0 amide bonds. The molecular formula is C19H20FN. The summed E-state index contributed by atoms with van der Waals surface area (Å²) in [4.78, 5) is 0. The molecule has 1 heterocycles. The Bertz CT molecular complexity index is 634. The molecule has 21 heavy (non-hydrogen) atoms. The Balaban J connectivity index is 1.54. The summed E-state index contributed by atoms with van der Waals surface area (Å²) in [6, 6.07) is 16.4. The van der Waals surface area contributed by atoms with E-state index in [4.69, 9.17) is 0 Å². The van der Waals surface area contributed by atoms with Crippen LogP contribution in [0.1, 0.15) is 29.0 Å². The number of hydrogen-bond acceptors (Lipinski definition) is 1. The molecule has 2 aromatic rings. The van der Waals surface area contributed by atoms with Gasteiger partial charge in [0.25, 0.3) is 0 Å². The summed E-state index contributed by atoms with van der Waals surface area (Å²) in [5.74, 6) is 1.22. The highest BCUT2D eigenvalue weighted by Crippen LogP contribution is 2.41. The zero-order valence-electron chi connectivity index (χ0n) is 12.1. The average Bonchev–Trinajstić information content (AvgIpc) is 2.93. The molecule has 2 aliphatic rings. The molecule has 0 aromatic heterocycles. The zero-order valence-corrected chi connectivity index (χ0v) is 12.1. The molecule has 1 nitrogen and oxygen atoms in total. The van der Waals surface area contributed by atoms with Crippen molar-refractivity contribution in [2.24, 2.45) is 5.92 Å². The van der Waals surface area contributed by atoms with Crippen LogP contribution in [-0.2, 0) is 12.8 Å². The van der Waals surface area contributed by atoms with Crippen LogP contribution < -0.4 is 5.32 Å². The predicted octanol–water partition coefficient (Wildman–Crippen LogP) is 3.69. The van der Waals surface area contributed by atoms with Gasteiger partial charge in [-0.25, -0.2) is 4.39 Å². The Morgan fingerprint density at radius 2 is 1.86 bits per heavy atom. The van der Waals surface area contributed by atoms with Gasteiger partial charge >= 0.3 is 0 Å². The monoisotopic (exact) mass is 281 g/mol. The highest BCUT2D eigenvalue weighted by Gasteiger charge is 2.39. The summed E-state index contributed by atoms with van der Waals surface area (Å²) < 4.78 is 13.0. The smallest absolute Gasteiger partial charge is 0.123 e. The number of aryl methyl sites for hydroxylation is 1. The first-order valence-electron chi connectivity index (χ1n) is 7.87. The van der Waals surface area contributed by atoms with E-state index in [-0.39, 0.29) is 5.82 Å². The van der Waals surface area contributed by atoms with Crippen LogP contribution in [0.25, 0.3) is 0 Å². The summed E-state index contributed by atoms with van der Waals surface area (Å²) in [5.41, 5.74) is 4.30. The molecule has 3 atom stereocenters. The molecule has 0 saturated carbocycles. The fourth-order valence-corrected chi connectivity index (χ4v) is 4.15. The van der Waals surface area contributed by atoms with E-state index in [1.807, 2.05) is 12.1 Å². The van der Waals surface area contributed by atoms with Gasteiger partial charge in [-0.15, -0.1) is 0 Å². The molecule has 1 aliphatic carbocycles. The molecule has 108 valence electrons. The fourth-order valence-electron chi connectivity index (χ4n) is 4.15. The second-order valence-electron chi connectivity index (χ2n) is 6.35. The normalized spacial score (nSPS) is 27.2. The van der Waals surface area contributed by atoms with Crippen molar-refractivity contribution < 1.29 is 4.39 Å². The minimum Gasteiger partial charge on any atom is -0.313 e. The molecule has 2 aromatic carbocycles. The third kappa shape index (κ3) is 2.38. The predicted molar refractivity (Wildman–Crippen MR) is 82.9 cm³/mol. The summed E-state index contributed by atoms with van der Waals surface area (Å²) in [7, 11) is 0. The summed E-state index contributed by atoms with van der Waals surface area (Å²) >= 11 is 0. The SMILES string of the molecule is Fc1ccc(CC2NCC3c4ccccc4CCC23)cc1. The molecule has 1 N–H and O–H groups in total. The van der Waals surface area contributed by atoms with E-state index >= 15 is 0 Å². The quantitative estimate of drug-likeness (QED) is 0.885. The highest BCUT2D eigenvalue weighted by atomic mass is 19.1. The lowest BCUT2D eigenvalue weighted by atomic mass is 9.74. The molecule has 0 bridgehead atoms. The summed E-state index contributed by atoms with van der Waals surface area (Å²) in [6.07, 6.45) is 3.46. The van der Waals surface area contributed by atoms with Gasteiger partial charge in [-0.1, -0.05) is 36.4 Å². The average molecular weight is 281 g/mol. The van der Waals surface area contributed by atoms with Crippen LogP contribution in [0, 0.1) is 11.7 Å². The van der Waals surface area contributed by atoms with Crippen molar-refractivity contribution in [1.82, 2.24) is 5.32 Å². The van der Waals surface area contributed by atoms with Gasteiger partial charge in [0.05, 0.1) is 0 Å². The number of benzene rings is 2. The van der Waals surface area contributed by atoms with Gasteiger partial charge in [-0.05, 0) is 54.0 Å². The molecule has 4 rings (SSSR count). The van der Waals surface area contributed by atoms with Gasteiger partial charge < -0.3 is 5.32 Å². The molecule has 3 unspecified atom stereocenters. The number of fused-ring (bicyclic) bond motifs is 3. The Morgan fingerprint density at radius 3 is 2.71 bits per heavy atom. The Labute approximate surface area is 125 Å². The van der Waals surface area contributed by atoms with Crippen molar-refractivity contribution in [3.05, 3.63) is 71.0 Å². The molecule has 1 aliphatic heterocycles.